The summed E-state index contributed by atoms with van der Waals surface area (Å²) in [5.74, 6) is 0.377. The Bertz CT molecular complexity index is 836. The summed E-state index contributed by atoms with van der Waals surface area (Å²) in [7, 11) is 0. The predicted octanol–water partition coefficient (Wildman–Crippen LogP) is 3.40. The number of pyridine rings is 1. The van der Waals surface area contributed by atoms with Crippen LogP contribution in [0.15, 0.2) is 41.3 Å². The number of aromatic nitrogens is 1. The molecule has 1 aromatic carbocycles. The lowest BCUT2D eigenvalue weighted by Gasteiger charge is -2.29. The van der Waals surface area contributed by atoms with E-state index in [0.29, 0.717) is 31.1 Å². The van der Waals surface area contributed by atoms with Crippen LogP contribution in [0.3, 0.4) is 0 Å². The van der Waals surface area contributed by atoms with Gasteiger partial charge in [0.15, 0.2) is 0 Å². The van der Waals surface area contributed by atoms with Crippen LogP contribution in [-0.4, -0.2) is 21.9 Å². The van der Waals surface area contributed by atoms with E-state index in [4.69, 9.17) is 0 Å². The monoisotopic (exact) mass is 338 g/mol. The maximum absolute atomic E-state index is 13.1. The summed E-state index contributed by atoms with van der Waals surface area (Å²) >= 11 is 0. The van der Waals surface area contributed by atoms with Crippen LogP contribution in [0, 0.1) is 12.8 Å². The molecule has 3 rings (SSSR count). The SMILES string of the molecule is Cc1ccn(CCC(C)C)c(=O)c1C(=O)N1CCc2ccccc2C1. The van der Waals surface area contributed by atoms with Gasteiger partial charge in [0.1, 0.15) is 5.56 Å². The predicted molar refractivity (Wildman–Crippen MR) is 99.8 cm³/mol. The summed E-state index contributed by atoms with van der Waals surface area (Å²) in [6, 6.07) is 10.1. The number of fused-ring (bicyclic) bond motifs is 1. The van der Waals surface area contributed by atoms with Crippen molar-refractivity contribution in [1.82, 2.24) is 9.47 Å². The smallest absolute Gasteiger partial charge is 0.263 e. The molecule has 0 fully saturated rings. The first-order chi connectivity index (χ1) is 12.0. The number of hydrogen-bond donors (Lipinski definition) is 0. The van der Waals surface area contributed by atoms with Gasteiger partial charge in [-0.15, -0.1) is 0 Å². The Balaban J connectivity index is 1.87. The maximum atomic E-state index is 13.1. The van der Waals surface area contributed by atoms with Crippen molar-refractivity contribution >= 4 is 5.91 Å². The van der Waals surface area contributed by atoms with E-state index in [1.54, 1.807) is 9.47 Å². The molecule has 1 amide bonds. The number of aryl methyl sites for hydroxylation is 2. The van der Waals surface area contributed by atoms with Crippen LogP contribution in [-0.2, 0) is 19.5 Å². The molecule has 2 heterocycles. The molecule has 25 heavy (non-hydrogen) atoms. The molecule has 0 atom stereocenters. The average Bonchev–Trinajstić information content (AvgIpc) is 2.60. The highest BCUT2D eigenvalue weighted by Crippen LogP contribution is 2.20. The van der Waals surface area contributed by atoms with Crippen LogP contribution < -0.4 is 5.56 Å². The number of carbonyl (C=O) groups excluding carboxylic acids is 1. The second-order valence-corrected chi connectivity index (χ2v) is 7.30. The molecule has 0 aliphatic carbocycles. The van der Waals surface area contributed by atoms with Gasteiger partial charge in [-0.2, -0.15) is 0 Å². The first-order valence-electron chi connectivity index (χ1n) is 9.03. The zero-order valence-corrected chi connectivity index (χ0v) is 15.3. The summed E-state index contributed by atoms with van der Waals surface area (Å²) in [5, 5.41) is 0. The first kappa shape index (κ1) is 17.5. The van der Waals surface area contributed by atoms with Crippen molar-refractivity contribution in [2.75, 3.05) is 6.54 Å². The lowest BCUT2D eigenvalue weighted by atomic mass is 9.99. The fourth-order valence-corrected chi connectivity index (χ4v) is 3.33. The summed E-state index contributed by atoms with van der Waals surface area (Å²) in [6.45, 7) is 8.01. The second-order valence-electron chi connectivity index (χ2n) is 7.30. The van der Waals surface area contributed by atoms with Crippen molar-refractivity contribution < 1.29 is 4.79 Å². The second kappa shape index (κ2) is 7.26. The Morgan fingerprint density at radius 2 is 1.88 bits per heavy atom. The molecule has 0 bridgehead atoms. The van der Waals surface area contributed by atoms with Crippen LogP contribution in [0.2, 0.25) is 0 Å². The molecule has 0 spiro atoms. The van der Waals surface area contributed by atoms with Gasteiger partial charge in [-0.3, -0.25) is 9.59 Å². The van der Waals surface area contributed by atoms with E-state index in [2.05, 4.69) is 26.0 Å². The van der Waals surface area contributed by atoms with Crippen LogP contribution in [0.1, 0.15) is 47.3 Å². The third kappa shape index (κ3) is 3.68. The third-order valence-corrected chi connectivity index (χ3v) is 4.95. The van der Waals surface area contributed by atoms with Gasteiger partial charge >= 0.3 is 0 Å². The lowest BCUT2D eigenvalue weighted by molar-refractivity contribution is 0.0731. The van der Waals surface area contributed by atoms with Crippen LogP contribution in [0.5, 0.6) is 0 Å². The number of benzene rings is 1. The molecule has 132 valence electrons. The number of carbonyl (C=O) groups is 1. The molecule has 1 aliphatic rings. The Labute approximate surface area is 149 Å². The van der Waals surface area contributed by atoms with Crippen molar-refractivity contribution in [3.8, 4) is 0 Å². The summed E-state index contributed by atoms with van der Waals surface area (Å²) in [4.78, 5) is 27.7. The van der Waals surface area contributed by atoms with E-state index < -0.39 is 0 Å². The maximum Gasteiger partial charge on any atom is 0.263 e. The van der Waals surface area contributed by atoms with Gasteiger partial charge in [-0.25, -0.2) is 0 Å². The van der Waals surface area contributed by atoms with Crippen molar-refractivity contribution in [3.63, 3.8) is 0 Å². The molecule has 1 aromatic heterocycles. The molecule has 0 unspecified atom stereocenters. The lowest BCUT2D eigenvalue weighted by Crippen LogP contribution is -2.40. The van der Waals surface area contributed by atoms with E-state index in [0.717, 1.165) is 18.4 Å². The van der Waals surface area contributed by atoms with Crippen molar-refractivity contribution in [2.24, 2.45) is 5.92 Å². The number of nitrogens with zero attached hydrogens (tertiary/aromatic N) is 2. The summed E-state index contributed by atoms with van der Waals surface area (Å²) in [5.41, 5.74) is 3.39. The number of rotatable bonds is 4. The first-order valence-corrected chi connectivity index (χ1v) is 9.03. The minimum atomic E-state index is -0.162. The average molecular weight is 338 g/mol. The van der Waals surface area contributed by atoms with E-state index in [1.165, 1.54) is 11.1 Å². The van der Waals surface area contributed by atoms with Crippen LogP contribution in [0.4, 0.5) is 0 Å². The van der Waals surface area contributed by atoms with Gasteiger partial charge in [-0.05, 0) is 48.4 Å². The summed E-state index contributed by atoms with van der Waals surface area (Å²) in [6.07, 6.45) is 3.57. The summed E-state index contributed by atoms with van der Waals surface area (Å²) < 4.78 is 1.68. The quantitative estimate of drug-likeness (QED) is 0.857. The largest absolute Gasteiger partial charge is 0.334 e. The minimum absolute atomic E-state index is 0.143. The molecule has 1 aliphatic heterocycles. The highest BCUT2D eigenvalue weighted by atomic mass is 16.2. The van der Waals surface area contributed by atoms with Crippen molar-refractivity contribution in [1.29, 1.82) is 0 Å². The Morgan fingerprint density at radius 1 is 1.16 bits per heavy atom. The normalized spacial score (nSPS) is 13.8. The minimum Gasteiger partial charge on any atom is -0.334 e. The van der Waals surface area contributed by atoms with Gasteiger partial charge in [0.2, 0.25) is 0 Å². The fourth-order valence-electron chi connectivity index (χ4n) is 3.33. The van der Waals surface area contributed by atoms with E-state index in [9.17, 15) is 9.59 Å². The molecule has 2 aromatic rings. The molecule has 4 heteroatoms. The molecule has 0 saturated heterocycles. The molecule has 0 saturated carbocycles. The zero-order valence-electron chi connectivity index (χ0n) is 15.3. The zero-order chi connectivity index (χ0) is 18.0. The Kier molecular flexibility index (Phi) is 5.07. The molecular weight excluding hydrogens is 312 g/mol. The van der Waals surface area contributed by atoms with Crippen LogP contribution in [0.25, 0.3) is 0 Å². The Hall–Kier alpha value is -2.36. The topological polar surface area (TPSA) is 42.3 Å². The van der Waals surface area contributed by atoms with Gasteiger partial charge in [0.25, 0.3) is 11.5 Å². The third-order valence-electron chi connectivity index (χ3n) is 4.95. The fraction of sp³-hybridized carbons (Fsp3) is 0.429. The van der Waals surface area contributed by atoms with Crippen molar-refractivity contribution in [3.05, 3.63) is 69.1 Å². The molecule has 0 N–H and O–H groups in total. The molecule has 0 radical (unpaired) electrons. The van der Waals surface area contributed by atoms with Gasteiger partial charge in [0, 0.05) is 25.8 Å². The molecular formula is C21H26N2O2. The van der Waals surface area contributed by atoms with E-state index >= 15 is 0 Å². The highest BCUT2D eigenvalue weighted by Gasteiger charge is 2.25. The standard InChI is InChI=1S/C21H26N2O2/c1-15(2)8-11-22-12-9-16(3)19(20(22)24)21(25)23-13-10-17-6-4-5-7-18(17)14-23/h4-7,9,12,15H,8,10-11,13-14H2,1-3H3. The van der Waals surface area contributed by atoms with Gasteiger partial charge < -0.3 is 9.47 Å². The van der Waals surface area contributed by atoms with Gasteiger partial charge in [-0.1, -0.05) is 38.1 Å². The number of amides is 1. The van der Waals surface area contributed by atoms with E-state index in [1.807, 2.05) is 31.3 Å². The van der Waals surface area contributed by atoms with Crippen LogP contribution >= 0.6 is 0 Å². The van der Waals surface area contributed by atoms with Crippen molar-refractivity contribution in [2.45, 2.75) is 46.7 Å². The Morgan fingerprint density at radius 3 is 2.60 bits per heavy atom. The highest BCUT2D eigenvalue weighted by molar-refractivity contribution is 5.95. The number of hydrogen-bond acceptors (Lipinski definition) is 2. The van der Waals surface area contributed by atoms with E-state index in [-0.39, 0.29) is 11.5 Å². The van der Waals surface area contributed by atoms with Gasteiger partial charge in [0.05, 0.1) is 0 Å². The molecule has 4 nitrogen and oxygen atoms in total.